The molecule has 0 N–H and O–H groups in total. The summed E-state index contributed by atoms with van der Waals surface area (Å²) in [7, 11) is -1.45. The summed E-state index contributed by atoms with van der Waals surface area (Å²) in [4.78, 5) is 35.7. The van der Waals surface area contributed by atoms with Crippen molar-refractivity contribution in [2.45, 2.75) is 114 Å². The van der Waals surface area contributed by atoms with Crippen molar-refractivity contribution in [2.75, 3.05) is 37.9 Å². The van der Waals surface area contributed by atoms with E-state index in [0.29, 0.717) is 38.0 Å². The van der Waals surface area contributed by atoms with Gasteiger partial charge in [0.25, 0.3) is 0 Å². The van der Waals surface area contributed by atoms with Gasteiger partial charge in [-0.3, -0.25) is 14.4 Å². The van der Waals surface area contributed by atoms with Crippen molar-refractivity contribution in [3.8, 4) is 16.9 Å². The second-order valence-electron chi connectivity index (χ2n) is 17.4. The largest absolute Gasteiger partial charge is 0.496 e. The van der Waals surface area contributed by atoms with Crippen LogP contribution in [0.2, 0.25) is 0 Å². The Morgan fingerprint density at radius 3 is 2.23 bits per heavy atom. The number of carbonyl (C=O) groups excluding carboxylic acids is 2. The van der Waals surface area contributed by atoms with Gasteiger partial charge < -0.3 is 14.4 Å². The zero-order chi connectivity index (χ0) is 37.8. The van der Waals surface area contributed by atoms with Gasteiger partial charge in [-0.05, 0) is 138 Å². The van der Waals surface area contributed by atoms with Crippen molar-refractivity contribution >= 4 is 27.7 Å². The number of amides is 2. The summed E-state index contributed by atoms with van der Waals surface area (Å²) in [5.41, 5.74) is 4.56. The Balaban J connectivity index is 1.08. The lowest BCUT2D eigenvalue weighted by molar-refractivity contribution is -0.124. The van der Waals surface area contributed by atoms with Gasteiger partial charge in [-0.1, -0.05) is 12.1 Å². The highest BCUT2D eigenvalue weighted by molar-refractivity contribution is 7.91. The molecule has 0 spiro atoms. The fourth-order valence-electron chi connectivity index (χ4n) is 9.06. The number of ether oxygens (including phenoxy) is 2. The van der Waals surface area contributed by atoms with E-state index in [1.807, 2.05) is 27.9 Å². The highest BCUT2D eigenvalue weighted by Crippen LogP contribution is 2.58. The van der Waals surface area contributed by atoms with Gasteiger partial charge in [0.15, 0.2) is 9.84 Å². The number of hydrogen-bond acceptors (Lipinski definition) is 8. The number of methoxy groups -OCH3 is 1. The molecule has 2 amide bonds. The molecule has 0 radical (unpaired) electrons. The van der Waals surface area contributed by atoms with Gasteiger partial charge in [-0.15, -0.1) is 0 Å². The van der Waals surface area contributed by atoms with Crippen molar-refractivity contribution in [3.05, 3.63) is 60.0 Å². The van der Waals surface area contributed by atoms with Crippen LogP contribution in [0.3, 0.4) is 0 Å². The highest BCUT2D eigenvalue weighted by Gasteiger charge is 2.51. The third-order valence-corrected chi connectivity index (χ3v) is 14.3. The minimum atomic E-state index is -3.18. The number of carbonyl (C=O) groups is 2. The van der Waals surface area contributed by atoms with Gasteiger partial charge in [0.2, 0.25) is 5.91 Å². The second kappa shape index (κ2) is 14.0. The van der Waals surface area contributed by atoms with E-state index in [0.717, 1.165) is 55.4 Å². The number of hydrogen-bond donors (Lipinski definition) is 0. The van der Waals surface area contributed by atoms with Gasteiger partial charge in [-0.2, -0.15) is 5.10 Å². The molecule has 12 heteroatoms. The Morgan fingerprint density at radius 1 is 0.962 bits per heavy atom. The van der Waals surface area contributed by atoms with Crippen LogP contribution in [-0.4, -0.2) is 84.4 Å². The summed E-state index contributed by atoms with van der Waals surface area (Å²) in [6.07, 6.45) is 15.0. The number of nitrogens with zero attached hydrogens (tertiary/aromatic N) is 5. The standard InChI is InChI=1S/C41H55N5O6S/c1-28-21-32(9-12-35(28)51-5)41-17-14-40(15-18-41,16-19-41)27-45(36-22-30(13-20-42-36)31-23-43-46(24-31)39(2,3)4)37(47)29-7-10-33(11-8-29)52-38(48)44-25-34(26-44)53(6,49)50/h9,12-13,20-24,29,33-34H,7-8,10-11,14-19,25-27H2,1-6H3. The molecule has 0 unspecified atom stereocenters. The number of aryl methyl sites for hydroxylation is 1. The Kier molecular flexibility index (Phi) is 9.91. The molecule has 53 heavy (non-hydrogen) atoms. The molecule has 2 bridgehead atoms. The van der Waals surface area contributed by atoms with E-state index in [-0.39, 0.29) is 47.4 Å². The molecule has 3 aromatic rings. The molecular weight excluding hydrogens is 691 g/mol. The van der Waals surface area contributed by atoms with Crippen LogP contribution in [0.25, 0.3) is 11.1 Å². The molecule has 4 aliphatic carbocycles. The SMILES string of the molecule is COc1ccc(C23CCC(CN(C(=O)C4CCC(OC(=O)N5CC(S(C)(=O)=O)C5)CC4)c4cc(-c5cnn(C(C)(C)C)c5)ccn4)(CC2)CC3)cc1C. The fourth-order valence-corrected chi connectivity index (χ4v) is 9.96. The van der Waals surface area contributed by atoms with Crippen molar-refractivity contribution in [1.82, 2.24) is 19.7 Å². The van der Waals surface area contributed by atoms with Crippen LogP contribution >= 0.6 is 0 Å². The lowest BCUT2D eigenvalue weighted by Crippen LogP contribution is -2.57. The first-order valence-electron chi connectivity index (χ1n) is 19.2. The van der Waals surface area contributed by atoms with E-state index in [2.05, 4.69) is 57.2 Å². The topological polar surface area (TPSA) is 124 Å². The quantitative estimate of drug-likeness (QED) is 0.228. The van der Waals surface area contributed by atoms with Crippen molar-refractivity contribution in [1.29, 1.82) is 0 Å². The first kappa shape index (κ1) is 37.4. The van der Waals surface area contributed by atoms with Crippen LogP contribution in [0, 0.1) is 18.3 Å². The first-order valence-corrected chi connectivity index (χ1v) is 21.2. The smallest absolute Gasteiger partial charge is 0.410 e. The number of likely N-dealkylation sites (tertiary alicyclic amines) is 1. The number of fused-ring (bicyclic) bond motifs is 3. The average Bonchev–Trinajstić information content (AvgIpc) is 3.62. The summed E-state index contributed by atoms with van der Waals surface area (Å²) in [6, 6.07) is 10.7. The second-order valence-corrected chi connectivity index (χ2v) is 19.7. The Bertz CT molecular complexity index is 1930. The van der Waals surface area contributed by atoms with Gasteiger partial charge in [-0.25, -0.2) is 18.2 Å². The molecular formula is C41H55N5O6S. The predicted octanol–water partition coefficient (Wildman–Crippen LogP) is 7.07. The molecule has 11 nitrogen and oxygen atoms in total. The summed E-state index contributed by atoms with van der Waals surface area (Å²) < 4.78 is 36.9. The summed E-state index contributed by atoms with van der Waals surface area (Å²) in [6.45, 7) is 9.46. The molecule has 0 atom stereocenters. The third kappa shape index (κ3) is 7.57. The number of aromatic nitrogens is 3. The first-order chi connectivity index (χ1) is 25.1. The zero-order valence-corrected chi connectivity index (χ0v) is 33.0. The van der Waals surface area contributed by atoms with Crippen molar-refractivity contribution in [2.24, 2.45) is 11.3 Å². The van der Waals surface area contributed by atoms with Gasteiger partial charge >= 0.3 is 6.09 Å². The van der Waals surface area contributed by atoms with E-state index < -0.39 is 21.2 Å². The maximum atomic E-state index is 14.7. The van der Waals surface area contributed by atoms with Gasteiger partial charge in [0.05, 0.1) is 24.1 Å². The van der Waals surface area contributed by atoms with Crippen LogP contribution < -0.4 is 9.64 Å². The van der Waals surface area contributed by atoms with E-state index >= 15 is 0 Å². The molecule has 5 fully saturated rings. The van der Waals surface area contributed by atoms with Gasteiger partial charge in [0, 0.05) is 49.8 Å². The summed E-state index contributed by atoms with van der Waals surface area (Å²) in [5, 5.41) is 4.10. The average molecular weight is 746 g/mol. The third-order valence-electron chi connectivity index (χ3n) is 12.8. The maximum absolute atomic E-state index is 14.7. The molecule has 5 aliphatic rings. The highest BCUT2D eigenvalue weighted by atomic mass is 32.2. The molecule has 8 rings (SSSR count). The van der Waals surface area contributed by atoms with Crippen molar-refractivity contribution < 1.29 is 27.5 Å². The van der Waals surface area contributed by atoms with Crippen LogP contribution in [-0.2, 0) is 30.3 Å². The van der Waals surface area contributed by atoms with Crippen LogP contribution in [0.1, 0.15) is 96.1 Å². The maximum Gasteiger partial charge on any atom is 0.410 e. The monoisotopic (exact) mass is 745 g/mol. The molecule has 2 aromatic heterocycles. The minimum absolute atomic E-state index is 0.0154. The number of sulfone groups is 1. The fraction of sp³-hybridized carbons (Fsp3) is 0.610. The molecule has 1 aromatic carbocycles. The zero-order valence-electron chi connectivity index (χ0n) is 32.1. The molecule has 4 saturated carbocycles. The molecule has 286 valence electrons. The lowest BCUT2D eigenvalue weighted by atomic mass is 9.51. The molecule has 3 heterocycles. The lowest BCUT2D eigenvalue weighted by Gasteiger charge is -2.55. The van der Waals surface area contributed by atoms with Crippen molar-refractivity contribution in [3.63, 3.8) is 0 Å². The summed E-state index contributed by atoms with van der Waals surface area (Å²) >= 11 is 0. The summed E-state index contributed by atoms with van der Waals surface area (Å²) in [5.74, 6) is 1.48. The number of anilines is 1. The molecule has 1 saturated heterocycles. The van der Waals surface area contributed by atoms with Crippen LogP contribution in [0.15, 0.2) is 48.9 Å². The normalized spacial score (nSPS) is 26.2. The molecule has 1 aliphatic heterocycles. The minimum Gasteiger partial charge on any atom is -0.496 e. The predicted molar refractivity (Wildman–Crippen MR) is 205 cm³/mol. The van der Waals surface area contributed by atoms with Crippen LogP contribution in [0.4, 0.5) is 10.6 Å². The van der Waals surface area contributed by atoms with Crippen LogP contribution in [0.5, 0.6) is 5.75 Å². The van der Waals surface area contributed by atoms with Gasteiger partial charge in [0.1, 0.15) is 17.7 Å². The number of rotatable bonds is 9. The van der Waals surface area contributed by atoms with E-state index in [4.69, 9.17) is 14.5 Å². The Hall–Kier alpha value is -3.93. The van der Waals surface area contributed by atoms with E-state index in [9.17, 15) is 18.0 Å². The Morgan fingerprint density at radius 2 is 1.64 bits per heavy atom. The number of pyridine rings is 1. The van der Waals surface area contributed by atoms with E-state index in [1.165, 1.54) is 22.3 Å². The Labute approximate surface area is 314 Å². The number of benzene rings is 1. The van der Waals surface area contributed by atoms with E-state index in [1.54, 1.807) is 13.3 Å².